The second-order valence-electron chi connectivity index (χ2n) is 5.39. The number of sulfonamides is 1. The fourth-order valence-electron chi connectivity index (χ4n) is 1.92. The Morgan fingerprint density at radius 2 is 1.92 bits per heavy atom. The van der Waals surface area contributed by atoms with Crippen molar-refractivity contribution in [2.45, 2.75) is 33.1 Å². The van der Waals surface area contributed by atoms with Crippen LogP contribution in [0.25, 0.3) is 0 Å². The summed E-state index contributed by atoms with van der Waals surface area (Å²) in [5.41, 5.74) is 1.24. The van der Waals surface area contributed by atoms with Gasteiger partial charge in [-0.3, -0.25) is 5.32 Å². The molecule has 7 nitrogen and oxygen atoms in total. The SMILES string of the molecule is CCCCCN(C(=O)NC(=O)Nc1ccc(C)c(Cl)c1)S(C)(=O)=O. The molecule has 0 atom stereocenters. The smallest absolute Gasteiger partial charge is 0.308 e. The van der Waals surface area contributed by atoms with Crippen molar-refractivity contribution < 1.29 is 18.0 Å². The van der Waals surface area contributed by atoms with Gasteiger partial charge in [-0.1, -0.05) is 37.4 Å². The number of amides is 4. The summed E-state index contributed by atoms with van der Waals surface area (Å²) < 4.78 is 24.1. The van der Waals surface area contributed by atoms with Crippen LogP contribution in [0.1, 0.15) is 31.7 Å². The maximum absolute atomic E-state index is 12.1. The van der Waals surface area contributed by atoms with Gasteiger partial charge in [0, 0.05) is 17.3 Å². The second-order valence-corrected chi connectivity index (χ2v) is 7.70. The fourth-order valence-corrected chi connectivity index (χ4v) is 2.90. The molecule has 9 heteroatoms. The molecular formula is C15H22ClN3O4S. The molecule has 0 fully saturated rings. The zero-order chi connectivity index (χ0) is 18.3. The van der Waals surface area contributed by atoms with Gasteiger partial charge in [-0.05, 0) is 31.0 Å². The molecule has 0 spiro atoms. The van der Waals surface area contributed by atoms with Gasteiger partial charge in [0.05, 0.1) is 6.26 Å². The molecule has 2 N–H and O–H groups in total. The molecule has 0 unspecified atom stereocenters. The van der Waals surface area contributed by atoms with E-state index in [1.807, 2.05) is 19.2 Å². The molecule has 0 aliphatic heterocycles. The Kier molecular flexibility index (Phi) is 7.50. The fraction of sp³-hybridized carbons (Fsp3) is 0.467. The highest BCUT2D eigenvalue weighted by Gasteiger charge is 2.24. The first-order valence-electron chi connectivity index (χ1n) is 7.51. The average molecular weight is 376 g/mol. The minimum atomic E-state index is -3.76. The van der Waals surface area contributed by atoms with E-state index in [4.69, 9.17) is 11.6 Å². The highest BCUT2D eigenvalue weighted by molar-refractivity contribution is 7.88. The first-order chi connectivity index (χ1) is 11.1. The molecule has 4 amide bonds. The van der Waals surface area contributed by atoms with Crippen LogP contribution in [-0.4, -0.2) is 37.6 Å². The minimum absolute atomic E-state index is 0.0299. The molecule has 1 rings (SSSR count). The molecule has 0 aromatic heterocycles. The van der Waals surface area contributed by atoms with E-state index >= 15 is 0 Å². The van der Waals surface area contributed by atoms with Crippen LogP contribution >= 0.6 is 11.6 Å². The van der Waals surface area contributed by atoms with Gasteiger partial charge in [-0.2, -0.15) is 0 Å². The lowest BCUT2D eigenvalue weighted by atomic mass is 10.2. The molecule has 0 radical (unpaired) electrons. The van der Waals surface area contributed by atoms with Gasteiger partial charge in [0.15, 0.2) is 0 Å². The van der Waals surface area contributed by atoms with Crippen molar-refractivity contribution in [3.05, 3.63) is 28.8 Å². The number of anilines is 1. The number of benzene rings is 1. The highest BCUT2D eigenvalue weighted by Crippen LogP contribution is 2.19. The maximum Gasteiger partial charge on any atom is 0.339 e. The van der Waals surface area contributed by atoms with Crippen LogP contribution < -0.4 is 10.6 Å². The van der Waals surface area contributed by atoms with E-state index in [9.17, 15) is 18.0 Å². The summed E-state index contributed by atoms with van der Waals surface area (Å²) in [4.78, 5) is 23.9. The van der Waals surface area contributed by atoms with Gasteiger partial charge in [0.2, 0.25) is 10.0 Å². The first-order valence-corrected chi connectivity index (χ1v) is 9.73. The van der Waals surface area contributed by atoms with Gasteiger partial charge >= 0.3 is 12.1 Å². The third kappa shape index (κ3) is 6.37. The number of aryl methyl sites for hydroxylation is 1. The summed E-state index contributed by atoms with van der Waals surface area (Å²) in [6, 6.07) is 3.07. The van der Waals surface area contributed by atoms with Crippen molar-refractivity contribution in [3.8, 4) is 0 Å². The van der Waals surface area contributed by atoms with E-state index in [2.05, 4.69) is 5.32 Å². The zero-order valence-electron chi connectivity index (χ0n) is 13.9. The van der Waals surface area contributed by atoms with Crippen molar-refractivity contribution in [1.82, 2.24) is 9.62 Å². The van der Waals surface area contributed by atoms with Crippen molar-refractivity contribution in [1.29, 1.82) is 0 Å². The largest absolute Gasteiger partial charge is 0.339 e. The normalized spacial score (nSPS) is 11.0. The predicted molar refractivity (Wildman–Crippen MR) is 94.8 cm³/mol. The molecule has 24 heavy (non-hydrogen) atoms. The van der Waals surface area contributed by atoms with E-state index in [0.29, 0.717) is 21.4 Å². The molecule has 0 saturated carbocycles. The van der Waals surface area contributed by atoms with Gasteiger partial charge < -0.3 is 5.32 Å². The second kappa shape index (κ2) is 8.89. The van der Waals surface area contributed by atoms with Crippen LogP contribution in [0.15, 0.2) is 18.2 Å². The zero-order valence-corrected chi connectivity index (χ0v) is 15.5. The van der Waals surface area contributed by atoms with Crippen molar-refractivity contribution >= 4 is 39.4 Å². The molecule has 1 aromatic carbocycles. The third-order valence-electron chi connectivity index (χ3n) is 3.24. The average Bonchev–Trinajstić information content (AvgIpc) is 2.46. The Labute approximate surface area is 147 Å². The predicted octanol–water partition coefficient (Wildman–Crippen LogP) is 3.34. The molecule has 0 saturated heterocycles. The van der Waals surface area contributed by atoms with E-state index in [1.165, 1.54) is 6.07 Å². The van der Waals surface area contributed by atoms with E-state index in [1.54, 1.807) is 12.1 Å². The van der Waals surface area contributed by atoms with Crippen LogP contribution in [0, 0.1) is 6.92 Å². The topological polar surface area (TPSA) is 95.6 Å². The van der Waals surface area contributed by atoms with Crippen molar-refractivity contribution in [3.63, 3.8) is 0 Å². The minimum Gasteiger partial charge on any atom is -0.308 e. The third-order valence-corrected chi connectivity index (χ3v) is 4.80. The van der Waals surface area contributed by atoms with Crippen LogP contribution in [0.2, 0.25) is 5.02 Å². The van der Waals surface area contributed by atoms with Crippen molar-refractivity contribution in [2.75, 3.05) is 18.1 Å². The number of halogens is 1. The maximum atomic E-state index is 12.1. The standard InChI is InChI=1S/C15H22ClN3O4S/c1-4-5-6-9-19(24(3,22)23)15(21)18-14(20)17-12-8-7-11(2)13(16)10-12/h7-8,10H,4-6,9H2,1-3H3,(H2,17,18,20,21). The summed E-state index contributed by atoms with van der Waals surface area (Å²) >= 11 is 5.96. The van der Waals surface area contributed by atoms with Gasteiger partial charge in [-0.25, -0.2) is 22.3 Å². The Hall–Kier alpha value is -1.80. The molecule has 134 valence electrons. The number of nitrogens with one attached hydrogen (secondary N) is 2. The van der Waals surface area contributed by atoms with E-state index in [0.717, 1.165) is 24.7 Å². The number of urea groups is 2. The number of unbranched alkanes of at least 4 members (excludes halogenated alkanes) is 2. The van der Waals surface area contributed by atoms with Crippen molar-refractivity contribution in [2.24, 2.45) is 0 Å². The lowest BCUT2D eigenvalue weighted by molar-refractivity contribution is 0.219. The summed E-state index contributed by atoms with van der Waals surface area (Å²) in [6.45, 7) is 3.81. The summed E-state index contributed by atoms with van der Waals surface area (Å²) in [7, 11) is -3.76. The Morgan fingerprint density at radius 3 is 2.46 bits per heavy atom. The monoisotopic (exact) mass is 375 g/mol. The first kappa shape index (κ1) is 20.2. The van der Waals surface area contributed by atoms with Crippen LogP contribution in [0.5, 0.6) is 0 Å². The molecular weight excluding hydrogens is 354 g/mol. The van der Waals surface area contributed by atoms with E-state index in [-0.39, 0.29) is 6.54 Å². The molecule has 0 bridgehead atoms. The number of hydrogen-bond donors (Lipinski definition) is 2. The Morgan fingerprint density at radius 1 is 1.25 bits per heavy atom. The lowest BCUT2D eigenvalue weighted by Gasteiger charge is -2.20. The molecule has 0 aliphatic rings. The summed E-state index contributed by atoms with van der Waals surface area (Å²) in [6.07, 6.45) is 3.13. The number of imide groups is 1. The molecule has 0 heterocycles. The number of carbonyl (C=O) groups excluding carboxylic acids is 2. The quantitative estimate of drug-likeness (QED) is 0.745. The van der Waals surface area contributed by atoms with E-state index < -0.39 is 22.1 Å². The molecule has 1 aromatic rings. The van der Waals surface area contributed by atoms with Gasteiger partial charge in [0.25, 0.3) is 0 Å². The Balaban J connectivity index is 2.71. The lowest BCUT2D eigenvalue weighted by Crippen LogP contribution is -2.47. The number of rotatable bonds is 6. The Bertz CT molecular complexity index is 707. The number of carbonyl (C=O) groups is 2. The highest BCUT2D eigenvalue weighted by atomic mass is 35.5. The summed E-state index contributed by atoms with van der Waals surface area (Å²) in [5.74, 6) is 0. The van der Waals surface area contributed by atoms with Gasteiger partial charge in [-0.15, -0.1) is 0 Å². The van der Waals surface area contributed by atoms with Crippen LogP contribution in [-0.2, 0) is 10.0 Å². The molecule has 0 aliphatic carbocycles. The number of hydrogen-bond acceptors (Lipinski definition) is 4. The van der Waals surface area contributed by atoms with Gasteiger partial charge in [0.1, 0.15) is 0 Å². The van der Waals surface area contributed by atoms with Crippen LogP contribution in [0.4, 0.5) is 15.3 Å². The van der Waals surface area contributed by atoms with Crippen LogP contribution in [0.3, 0.4) is 0 Å². The number of nitrogens with zero attached hydrogens (tertiary/aromatic N) is 1. The summed E-state index contributed by atoms with van der Waals surface area (Å²) in [5, 5.41) is 4.92.